The Kier molecular flexibility index (Phi) is 1.87. The van der Waals surface area contributed by atoms with Crippen LogP contribution in [-0.4, -0.2) is 33.3 Å². The molecular weight excluding hydrogens is 154 g/mol. The molecule has 0 aromatic carbocycles. The Balaban J connectivity index is 2.29. The summed E-state index contributed by atoms with van der Waals surface area (Å²) in [5.74, 6) is 0.886. The molecule has 0 fully saturated rings. The number of rotatable bonds is 1. The van der Waals surface area contributed by atoms with E-state index in [0.29, 0.717) is 0 Å². The molecule has 0 amide bonds. The highest BCUT2D eigenvalue weighted by molar-refractivity contribution is 5.60. The third-order valence-corrected chi connectivity index (χ3v) is 1.97. The molecule has 5 heteroatoms. The molecule has 1 aliphatic heterocycles. The number of nitrogens with one attached hydrogen (secondary N) is 1. The first-order valence-corrected chi connectivity index (χ1v) is 4.00. The van der Waals surface area contributed by atoms with Crippen molar-refractivity contribution in [1.82, 2.24) is 25.5 Å². The van der Waals surface area contributed by atoms with Crippen LogP contribution < -0.4 is 5.32 Å². The zero-order valence-corrected chi connectivity index (χ0v) is 6.99. The van der Waals surface area contributed by atoms with Crippen molar-refractivity contribution in [3.63, 3.8) is 0 Å². The van der Waals surface area contributed by atoms with E-state index in [1.807, 2.05) is 7.05 Å². The maximum atomic E-state index is 3.95. The van der Waals surface area contributed by atoms with E-state index in [1.165, 1.54) is 5.57 Å². The average Bonchev–Trinajstić information content (AvgIpc) is 2.53. The van der Waals surface area contributed by atoms with Gasteiger partial charge >= 0.3 is 0 Å². The number of hydrogen-bond acceptors (Lipinski definition) is 4. The Morgan fingerprint density at radius 3 is 3.08 bits per heavy atom. The van der Waals surface area contributed by atoms with Crippen LogP contribution >= 0.6 is 0 Å². The van der Waals surface area contributed by atoms with Gasteiger partial charge in [0.2, 0.25) is 0 Å². The predicted molar refractivity (Wildman–Crippen MR) is 44.3 cm³/mol. The second-order valence-electron chi connectivity index (χ2n) is 2.81. The lowest BCUT2D eigenvalue weighted by molar-refractivity contribution is 0.691. The molecule has 1 aromatic rings. The summed E-state index contributed by atoms with van der Waals surface area (Å²) in [5.41, 5.74) is 1.24. The van der Waals surface area contributed by atoms with E-state index >= 15 is 0 Å². The van der Waals surface area contributed by atoms with E-state index in [9.17, 15) is 0 Å². The van der Waals surface area contributed by atoms with Crippen molar-refractivity contribution in [3.8, 4) is 0 Å². The maximum absolute atomic E-state index is 3.95. The fraction of sp³-hybridized carbons (Fsp3) is 0.571. The minimum Gasteiger partial charge on any atom is -0.313 e. The van der Waals surface area contributed by atoms with Gasteiger partial charge in [-0.15, -0.1) is 5.10 Å². The molecule has 0 atom stereocenters. The average molecular weight is 165 g/mol. The number of aryl methyl sites for hydroxylation is 1. The minimum absolute atomic E-state index is 0.886. The molecule has 1 aliphatic rings. The Labute approximate surface area is 70.5 Å². The Morgan fingerprint density at radius 1 is 1.58 bits per heavy atom. The summed E-state index contributed by atoms with van der Waals surface area (Å²) in [6.07, 6.45) is 3.14. The first kappa shape index (κ1) is 7.42. The van der Waals surface area contributed by atoms with Crippen LogP contribution in [0.2, 0.25) is 0 Å². The largest absolute Gasteiger partial charge is 0.313 e. The van der Waals surface area contributed by atoms with Gasteiger partial charge in [-0.3, -0.25) is 0 Å². The summed E-state index contributed by atoms with van der Waals surface area (Å²) in [4.78, 5) is 0. The number of tetrazole rings is 1. The van der Waals surface area contributed by atoms with Crippen molar-refractivity contribution in [3.05, 3.63) is 11.9 Å². The predicted octanol–water partition coefficient (Wildman–Crippen LogP) is -0.413. The van der Waals surface area contributed by atoms with Crippen LogP contribution in [0.5, 0.6) is 0 Å². The number of hydrogen-bond donors (Lipinski definition) is 1. The first-order chi connectivity index (χ1) is 5.88. The molecule has 1 aromatic heterocycles. The SMILES string of the molecule is Cn1nnnc1C1=CCNCC1. The van der Waals surface area contributed by atoms with Crippen molar-refractivity contribution in [2.45, 2.75) is 6.42 Å². The molecule has 0 radical (unpaired) electrons. The summed E-state index contributed by atoms with van der Waals surface area (Å²) in [5, 5.41) is 14.6. The standard InChI is InChI=1S/C7H11N5/c1-12-7(9-10-11-12)6-2-4-8-5-3-6/h2,8H,3-5H2,1H3. The fourth-order valence-electron chi connectivity index (χ4n) is 1.33. The van der Waals surface area contributed by atoms with E-state index in [-0.39, 0.29) is 0 Å². The molecule has 5 nitrogen and oxygen atoms in total. The fourth-order valence-corrected chi connectivity index (χ4v) is 1.33. The maximum Gasteiger partial charge on any atom is 0.177 e. The molecular formula is C7H11N5. The zero-order chi connectivity index (χ0) is 8.39. The second kappa shape index (κ2) is 3.02. The smallest absolute Gasteiger partial charge is 0.177 e. The number of aromatic nitrogens is 4. The highest BCUT2D eigenvalue weighted by Gasteiger charge is 2.10. The molecule has 0 unspecified atom stereocenters. The third kappa shape index (κ3) is 1.23. The van der Waals surface area contributed by atoms with Crippen molar-refractivity contribution < 1.29 is 0 Å². The van der Waals surface area contributed by atoms with E-state index in [0.717, 1.165) is 25.3 Å². The molecule has 0 saturated carbocycles. The molecule has 2 heterocycles. The summed E-state index contributed by atoms with van der Waals surface area (Å²) in [6.45, 7) is 1.93. The van der Waals surface area contributed by atoms with Crippen LogP contribution in [0.3, 0.4) is 0 Å². The molecule has 2 rings (SSSR count). The quantitative estimate of drug-likeness (QED) is 0.614. The third-order valence-electron chi connectivity index (χ3n) is 1.97. The lowest BCUT2D eigenvalue weighted by Gasteiger charge is -2.11. The summed E-state index contributed by atoms with van der Waals surface area (Å²) >= 11 is 0. The second-order valence-corrected chi connectivity index (χ2v) is 2.81. The van der Waals surface area contributed by atoms with Gasteiger partial charge in [0.1, 0.15) is 0 Å². The van der Waals surface area contributed by atoms with Gasteiger partial charge in [0, 0.05) is 13.6 Å². The van der Waals surface area contributed by atoms with Crippen LogP contribution in [0.15, 0.2) is 6.08 Å². The van der Waals surface area contributed by atoms with Crippen LogP contribution in [-0.2, 0) is 7.05 Å². The van der Waals surface area contributed by atoms with Crippen LogP contribution in [0.25, 0.3) is 5.57 Å². The first-order valence-electron chi connectivity index (χ1n) is 4.00. The van der Waals surface area contributed by atoms with Gasteiger partial charge in [0.05, 0.1) is 0 Å². The summed E-state index contributed by atoms with van der Waals surface area (Å²) in [6, 6.07) is 0. The van der Waals surface area contributed by atoms with Crippen molar-refractivity contribution >= 4 is 5.57 Å². The summed E-state index contributed by atoms with van der Waals surface area (Å²) in [7, 11) is 1.86. The van der Waals surface area contributed by atoms with Gasteiger partial charge in [0.25, 0.3) is 0 Å². The molecule has 0 bridgehead atoms. The van der Waals surface area contributed by atoms with Crippen LogP contribution in [0.1, 0.15) is 12.2 Å². The van der Waals surface area contributed by atoms with Crippen LogP contribution in [0, 0.1) is 0 Å². The molecule has 1 N–H and O–H groups in total. The van der Waals surface area contributed by atoms with Gasteiger partial charge < -0.3 is 5.32 Å². The lowest BCUT2D eigenvalue weighted by atomic mass is 10.1. The van der Waals surface area contributed by atoms with Crippen molar-refractivity contribution in [2.24, 2.45) is 7.05 Å². The highest BCUT2D eigenvalue weighted by Crippen LogP contribution is 2.14. The lowest BCUT2D eigenvalue weighted by Crippen LogP contribution is -2.21. The van der Waals surface area contributed by atoms with Gasteiger partial charge in [-0.25, -0.2) is 4.68 Å². The molecule has 0 saturated heterocycles. The van der Waals surface area contributed by atoms with Crippen LogP contribution in [0.4, 0.5) is 0 Å². The topological polar surface area (TPSA) is 55.6 Å². The zero-order valence-electron chi connectivity index (χ0n) is 6.99. The van der Waals surface area contributed by atoms with Crippen molar-refractivity contribution in [1.29, 1.82) is 0 Å². The molecule has 64 valence electrons. The highest BCUT2D eigenvalue weighted by atomic mass is 15.5. The van der Waals surface area contributed by atoms with Gasteiger partial charge in [-0.2, -0.15) is 0 Å². The molecule has 0 spiro atoms. The molecule has 0 aliphatic carbocycles. The van der Waals surface area contributed by atoms with E-state index in [1.54, 1.807) is 4.68 Å². The van der Waals surface area contributed by atoms with E-state index < -0.39 is 0 Å². The molecule has 12 heavy (non-hydrogen) atoms. The number of nitrogens with zero attached hydrogens (tertiary/aromatic N) is 4. The van der Waals surface area contributed by atoms with Gasteiger partial charge in [0.15, 0.2) is 5.82 Å². The summed E-state index contributed by atoms with van der Waals surface area (Å²) < 4.78 is 1.71. The van der Waals surface area contributed by atoms with Crippen molar-refractivity contribution in [2.75, 3.05) is 13.1 Å². The van der Waals surface area contributed by atoms with E-state index in [2.05, 4.69) is 26.9 Å². The Bertz CT molecular complexity index is 301. The Morgan fingerprint density at radius 2 is 2.50 bits per heavy atom. The normalized spacial score (nSPS) is 17.6. The van der Waals surface area contributed by atoms with Gasteiger partial charge in [-0.05, 0) is 29.0 Å². The van der Waals surface area contributed by atoms with E-state index in [4.69, 9.17) is 0 Å². The Hall–Kier alpha value is -1.23. The minimum atomic E-state index is 0.886. The van der Waals surface area contributed by atoms with Gasteiger partial charge in [-0.1, -0.05) is 6.08 Å². The monoisotopic (exact) mass is 165 g/mol.